The van der Waals surface area contributed by atoms with E-state index in [1.165, 1.54) is 11.8 Å². The number of alkyl halides is 2. The van der Waals surface area contributed by atoms with Crippen molar-refractivity contribution in [2.75, 3.05) is 19.7 Å². The largest absolute Gasteiger partial charge is 0.456 e. The second-order valence-electron chi connectivity index (χ2n) is 5.06. The lowest BCUT2D eigenvalue weighted by atomic mass is 9.86. The van der Waals surface area contributed by atoms with Gasteiger partial charge in [-0.2, -0.15) is 0 Å². The molecular weight excluding hydrogens is 272 g/mol. The first-order chi connectivity index (χ1) is 9.34. The predicted octanol–water partition coefficient (Wildman–Crippen LogP) is 1.40. The van der Waals surface area contributed by atoms with Crippen molar-refractivity contribution in [3.05, 3.63) is 0 Å². The summed E-state index contributed by atoms with van der Waals surface area (Å²) in [6, 6.07) is 0. The van der Waals surface area contributed by atoms with E-state index >= 15 is 0 Å². The SMILES string of the molecule is CC(=O)OCC(=O)N(CC=O)CC1CCCC(F)(F)C1. The Balaban J connectivity index is 2.55. The second-order valence-corrected chi connectivity index (χ2v) is 5.06. The van der Waals surface area contributed by atoms with Gasteiger partial charge in [0.1, 0.15) is 6.29 Å². The Morgan fingerprint density at radius 3 is 2.70 bits per heavy atom. The van der Waals surface area contributed by atoms with Crippen molar-refractivity contribution in [2.24, 2.45) is 5.92 Å². The zero-order valence-corrected chi connectivity index (χ0v) is 11.4. The number of halogens is 2. The average molecular weight is 291 g/mol. The molecule has 1 saturated carbocycles. The minimum Gasteiger partial charge on any atom is -0.456 e. The first kappa shape index (κ1) is 16.5. The van der Waals surface area contributed by atoms with Gasteiger partial charge in [0.15, 0.2) is 6.61 Å². The number of nitrogens with zero attached hydrogens (tertiary/aromatic N) is 1. The number of esters is 1. The fraction of sp³-hybridized carbons (Fsp3) is 0.769. The van der Waals surface area contributed by atoms with Crippen LogP contribution < -0.4 is 0 Å². The quantitative estimate of drug-likeness (QED) is 0.548. The first-order valence-corrected chi connectivity index (χ1v) is 6.56. The normalized spacial score (nSPS) is 21.1. The van der Waals surface area contributed by atoms with Crippen LogP contribution >= 0.6 is 0 Å². The van der Waals surface area contributed by atoms with Crippen LogP contribution in [-0.2, 0) is 19.1 Å². The van der Waals surface area contributed by atoms with Crippen molar-refractivity contribution >= 4 is 18.2 Å². The smallest absolute Gasteiger partial charge is 0.303 e. The first-order valence-electron chi connectivity index (χ1n) is 6.56. The van der Waals surface area contributed by atoms with E-state index in [4.69, 9.17) is 0 Å². The molecule has 1 unspecified atom stereocenters. The summed E-state index contributed by atoms with van der Waals surface area (Å²) in [6.07, 6.45) is 1.14. The van der Waals surface area contributed by atoms with Gasteiger partial charge in [0.2, 0.25) is 5.92 Å². The summed E-state index contributed by atoms with van der Waals surface area (Å²) < 4.78 is 31.2. The Labute approximate surface area is 116 Å². The molecule has 20 heavy (non-hydrogen) atoms. The Morgan fingerprint density at radius 2 is 2.15 bits per heavy atom. The molecule has 0 heterocycles. The van der Waals surface area contributed by atoms with Gasteiger partial charge in [-0.05, 0) is 18.8 Å². The van der Waals surface area contributed by atoms with E-state index in [1.807, 2.05) is 0 Å². The fourth-order valence-electron chi connectivity index (χ4n) is 2.37. The zero-order valence-electron chi connectivity index (χ0n) is 11.4. The summed E-state index contributed by atoms with van der Waals surface area (Å²) in [4.78, 5) is 34.2. The third kappa shape index (κ3) is 5.63. The molecule has 0 N–H and O–H groups in total. The van der Waals surface area contributed by atoms with Crippen LogP contribution in [0.5, 0.6) is 0 Å². The van der Waals surface area contributed by atoms with Gasteiger partial charge in [0, 0.05) is 26.3 Å². The van der Waals surface area contributed by atoms with E-state index in [0.29, 0.717) is 19.1 Å². The summed E-state index contributed by atoms with van der Waals surface area (Å²) in [5, 5.41) is 0. The van der Waals surface area contributed by atoms with Crippen LogP contribution in [0.25, 0.3) is 0 Å². The predicted molar refractivity (Wildman–Crippen MR) is 66.2 cm³/mol. The van der Waals surface area contributed by atoms with Crippen LogP contribution in [0.4, 0.5) is 8.78 Å². The van der Waals surface area contributed by atoms with Gasteiger partial charge in [-0.25, -0.2) is 8.78 Å². The van der Waals surface area contributed by atoms with E-state index in [-0.39, 0.29) is 31.8 Å². The van der Waals surface area contributed by atoms with E-state index in [0.717, 1.165) is 0 Å². The van der Waals surface area contributed by atoms with Crippen LogP contribution in [0.15, 0.2) is 0 Å². The van der Waals surface area contributed by atoms with Crippen LogP contribution in [0.3, 0.4) is 0 Å². The molecule has 1 amide bonds. The van der Waals surface area contributed by atoms with Gasteiger partial charge < -0.3 is 14.4 Å². The maximum Gasteiger partial charge on any atom is 0.303 e. The molecule has 1 fully saturated rings. The molecule has 0 aromatic carbocycles. The standard InChI is InChI=1S/C13H19F2NO4/c1-10(18)20-9-12(19)16(5-6-17)8-11-3-2-4-13(14,15)7-11/h6,11H,2-5,7-9H2,1H3. The Hall–Kier alpha value is -1.53. The molecule has 1 aliphatic carbocycles. The molecule has 0 aliphatic heterocycles. The molecular formula is C13H19F2NO4. The van der Waals surface area contributed by atoms with Crippen molar-refractivity contribution in [1.82, 2.24) is 4.90 Å². The summed E-state index contributed by atoms with van der Waals surface area (Å²) >= 11 is 0. The van der Waals surface area contributed by atoms with Crippen molar-refractivity contribution in [1.29, 1.82) is 0 Å². The number of carbonyl (C=O) groups is 3. The van der Waals surface area contributed by atoms with Gasteiger partial charge in [-0.1, -0.05) is 0 Å². The van der Waals surface area contributed by atoms with E-state index < -0.39 is 24.4 Å². The molecule has 0 aromatic rings. The van der Waals surface area contributed by atoms with Gasteiger partial charge in [-0.3, -0.25) is 9.59 Å². The van der Waals surface area contributed by atoms with Gasteiger partial charge in [-0.15, -0.1) is 0 Å². The molecule has 0 bridgehead atoms. The second kappa shape index (κ2) is 7.31. The molecule has 114 valence electrons. The van der Waals surface area contributed by atoms with Crippen molar-refractivity contribution in [3.63, 3.8) is 0 Å². The van der Waals surface area contributed by atoms with E-state index in [1.54, 1.807) is 0 Å². The Kier molecular flexibility index (Phi) is 6.04. The highest BCUT2D eigenvalue weighted by Crippen LogP contribution is 2.36. The molecule has 1 aliphatic rings. The highest BCUT2D eigenvalue weighted by Gasteiger charge is 2.37. The number of ether oxygens (including phenoxy) is 1. The lowest BCUT2D eigenvalue weighted by molar-refractivity contribution is -0.151. The third-order valence-electron chi connectivity index (χ3n) is 3.27. The van der Waals surface area contributed by atoms with Crippen molar-refractivity contribution < 1.29 is 27.9 Å². The summed E-state index contributed by atoms with van der Waals surface area (Å²) in [7, 11) is 0. The fourth-order valence-corrected chi connectivity index (χ4v) is 2.37. The maximum absolute atomic E-state index is 13.3. The molecule has 0 saturated heterocycles. The number of amides is 1. The van der Waals surface area contributed by atoms with Crippen LogP contribution in [0.2, 0.25) is 0 Å². The number of carbonyl (C=O) groups excluding carboxylic acids is 3. The van der Waals surface area contributed by atoms with E-state index in [2.05, 4.69) is 4.74 Å². The highest BCUT2D eigenvalue weighted by atomic mass is 19.3. The average Bonchev–Trinajstić information content (AvgIpc) is 2.34. The summed E-state index contributed by atoms with van der Waals surface area (Å²) in [6.45, 7) is 0.613. The molecule has 5 nitrogen and oxygen atoms in total. The lowest BCUT2D eigenvalue weighted by Crippen LogP contribution is -2.41. The number of hydrogen-bond acceptors (Lipinski definition) is 4. The Bertz CT molecular complexity index is 373. The van der Waals surface area contributed by atoms with Crippen LogP contribution in [0, 0.1) is 5.92 Å². The molecule has 7 heteroatoms. The molecule has 0 spiro atoms. The number of hydrogen-bond donors (Lipinski definition) is 0. The van der Waals surface area contributed by atoms with Crippen LogP contribution in [0.1, 0.15) is 32.6 Å². The van der Waals surface area contributed by atoms with E-state index in [9.17, 15) is 23.2 Å². The monoisotopic (exact) mass is 291 g/mol. The topological polar surface area (TPSA) is 63.7 Å². The molecule has 1 atom stereocenters. The molecule has 0 radical (unpaired) electrons. The van der Waals surface area contributed by atoms with Crippen molar-refractivity contribution in [2.45, 2.75) is 38.5 Å². The lowest BCUT2D eigenvalue weighted by Gasteiger charge is -2.32. The minimum atomic E-state index is -2.70. The highest BCUT2D eigenvalue weighted by molar-refractivity contribution is 5.81. The van der Waals surface area contributed by atoms with Gasteiger partial charge in [0.05, 0.1) is 6.54 Å². The summed E-state index contributed by atoms with van der Waals surface area (Å²) in [5.74, 6) is -4.18. The van der Waals surface area contributed by atoms with Crippen molar-refractivity contribution in [3.8, 4) is 0 Å². The number of aldehydes is 1. The van der Waals surface area contributed by atoms with Crippen LogP contribution in [-0.4, -0.2) is 48.7 Å². The number of rotatable bonds is 6. The molecule has 1 rings (SSSR count). The third-order valence-corrected chi connectivity index (χ3v) is 3.27. The van der Waals surface area contributed by atoms with Gasteiger partial charge in [0.25, 0.3) is 5.91 Å². The maximum atomic E-state index is 13.3. The van der Waals surface area contributed by atoms with Gasteiger partial charge >= 0.3 is 5.97 Å². The Morgan fingerprint density at radius 1 is 1.45 bits per heavy atom. The summed E-state index contributed by atoms with van der Waals surface area (Å²) in [5.41, 5.74) is 0. The molecule has 0 aromatic heterocycles. The minimum absolute atomic E-state index is 0.0917. The zero-order chi connectivity index (χ0) is 15.2.